The first-order valence-corrected chi connectivity index (χ1v) is 8.08. The molecule has 1 amide bonds. The average molecular weight is 364 g/mol. The minimum atomic E-state index is -1.56. The monoisotopic (exact) mass is 363 g/mol. The number of nitrogens with one attached hydrogen (secondary N) is 1. The largest absolute Gasteiger partial charge is 0.351 e. The van der Waals surface area contributed by atoms with E-state index in [9.17, 15) is 18.0 Å². The molecular formula is C15H17BrF3NO. The maximum absolute atomic E-state index is 13.1. The van der Waals surface area contributed by atoms with E-state index in [0.29, 0.717) is 6.54 Å². The quantitative estimate of drug-likeness (QED) is 0.630. The van der Waals surface area contributed by atoms with Gasteiger partial charge in [0.05, 0.1) is 0 Å². The normalized spacial score (nSPS) is 17.5. The average Bonchev–Trinajstić information content (AvgIpc) is 2.50. The molecule has 0 atom stereocenters. The SMILES string of the molecule is O=C(NCC1(CBr)CCCCC1)c1cc(F)c(F)c(F)c1. The molecule has 1 N–H and O–H groups in total. The Balaban J connectivity index is 2.04. The fraction of sp³-hybridized carbons (Fsp3) is 0.533. The van der Waals surface area contributed by atoms with Crippen LogP contribution in [0.4, 0.5) is 13.2 Å². The van der Waals surface area contributed by atoms with Gasteiger partial charge >= 0.3 is 0 Å². The zero-order chi connectivity index (χ0) is 15.5. The molecule has 1 aromatic carbocycles. The van der Waals surface area contributed by atoms with Crippen molar-refractivity contribution < 1.29 is 18.0 Å². The van der Waals surface area contributed by atoms with Crippen LogP contribution in [-0.2, 0) is 0 Å². The van der Waals surface area contributed by atoms with Crippen molar-refractivity contribution in [2.24, 2.45) is 5.41 Å². The molecule has 0 aromatic heterocycles. The van der Waals surface area contributed by atoms with E-state index < -0.39 is 23.4 Å². The van der Waals surface area contributed by atoms with Gasteiger partial charge in [0.25, 0.3) is 5.91 Å². The Morgan fingerprint density at radius 1 is 1.14 bits per heavy atom. The van der Waals surface area contributed by atoms with Crippen molar-refractivity contribution >= 4 is 21.8 Å². The summed E-state index contributed by atoms with van der Waals surface area (Å²) in [4.78, 5) is 12.0. The molecule has 2 rings (SSSR count). The van der Waals surface area contributed by atoms with E-state index in [4.69, 9.17) is 0 Å². The molecular weight excluding hydrogens is 347 g/mol. The van der Waals surface area contributed by atoms with Crippen LogP contribution in [0.3, 0.4) is 0 Å². The Morgan fingerprint density at radius 3 is 2.24 bits per heavy atom. The van der Waals surface area contributed by atoms with Gasteiger partial charge in [-0.15, -0.1) is 0 Å². The number of rotatable bonds is 4. The highest BCUT2D eigenvalue weighted by molar-refractivity contribution is 9.09. The van der Waals surface area contributed by atoms with E-state index in [1.165, 1.54) is 6.42 Å². The molecule has 1 aromatic rings. The van der Waals surface area contributed by atoms with Crippen LogP contribution in [0.25, 0.3) is 0 Å². The van der Waals surface area contributed by atoms with Crippen molar-refractivity contribution in [3.05, 3.63) is 35.1 Å². The fourth-order valence-electron chi connectivity index (χ4n) is 2.72. The third-order valence-electron chi connectivity index (χ3n) is 4.07. The van der Waals surface area contributed by atoms with Gasteiger partial charge in [-0.25, -0.2) is 13.2 Å². The molecule has 0 radical (unpaired) electrons. The minimum absolute atomic E-state index is 0.00890. The molecule has 1 fully saturated rings. The van der Waals surface area contributed by atoms with Crippen molar-refractivity contribution in [3.8, 4) is 0 Å². The van der Waals surface area contributed by atoms with Gasteiger partial charge in [0.1, 0.15) is 0 Å². The van der Waals surface area contributed by atoms with Gasteiger partial charge in [-0.05, 0) is 30.4 Å². The molecule has 0 aliphatic heterocycles. The summed E-state index contributed by atoms with van der Waals surface area (Å²) in [6, 6.07) is 1.44. The maximum Gasteiger partial charge on any atom is 0.251 e. The second-order valence-corrected chi connectivity index (χ2v) is 6.19. The first kappa shape index (κ1) is 16.3. The lowest BCUT2D eigenvalue weighted by atomic mass is 9.75. The Labute approximate surface area is 130 Å². The molecule has 0 heterocycles. The molecule has 6 heteroatoms. The summed E-state index contributed by atoms with van der Waals surface area (Å²) in [5.74, 6) is -4.85. The van der Waals surface area contributed by atoms with Crippen LogP contribution in [0.1, 0.15) is 42.5 Å². The molecule has 1 aliphatic carbocycles. The number of amides is 1. The van der Waals surface area contributed by atoms with E-state index in [1.807, 2.05) is 0 Å². The summed E-state index contributed by atoms with van der Waals surface area (Å²) in [6.07, 6.45) is 5.43. The van der Waals surface area contributed by atoms with Crippen LogP contribution < -0.4 is 5.32 Å². The van der Waals surface area contributed by atoms with Crippen molar-refractivity contribution in [2.45, 2.75) is 32.1 Å². The topological polar surface area (TPSA) is 29.1 Å². The second-order valence-electron chi connectivity index (χ2n) is 5.63. The Kier molecular flexibility index (Phi) is 5.30. The van der Waals surface area contributed by atoms with Crippen LogP contribution in [-0.4, -0.2) is 17.8 Å². The highest BCUT2D eigenvalue weighted by atomic mass is 79.9. The first-order chi connectivity index (χ1) is 9.97. The van der Waals surface area contributed by atoms with Gasteiger partial charge in [0.15, 0.2) is 17.5 Å². The van der Waals surface area contributed by atoms with Crippen molar-refractivity contribution in [3.63, 3.8) is 0 Å². The van der Waals surface area contributed by atoms with Crippen LogP contribution in [0, 0.1) is 22.9 Å². The molecule has 21 heavy (non-hydrogen) atoms. The van der Waals surface area contributed by atoms with Crippen LogP contribution in [0.5, 0.6) is 0 Å². The van der Waals surface area contributed by atoms with Gasteiger partial charge in [0, 0.05) is 17.4 Å². The Morgan fingerprint density at radius 2 is 1.71 bits per heavy atom. The van der Waals surface area contributed by atoms with Gasteiger partial charge < -0.3 is 5.32 Å². The molecule has 0 spiro atoms. The molecule has 1 saturated carbocycles. The lowest BCUT2D eigenvalue weighted by Crippen LogP contribution is -2.40. The number of hydrogen-bond donors (Lipinski definition) is 1. The smallest absolute Gasteiger partial charge is 0.251 e. The molecule has 0 unspecified atom stereocenters. The predicted molar refractivity (Wildman–Crippen MR) is 78.0 cm³/mol. The van der Waals surface area contributed by atoms with Gasteiger partial charge in [-0.2, -0.15) is 0 Å². The summed E-state index contributed by atoms with van der Waals surface area (Å²) in [5.41, 5.74) is -0.211. The number of alkyl halides is 1. The first-order valence-electron chi connectivity index (χ1n) is 6.96. The molecule has 2 nitrogen and oxygen atoms in total. The lowest BCUT2D eigenvalue weighted by molar-refractivity contribution is 0.0921. The summed E-state index contributed by atoms with van der Waals surface area (Å²) < 4.78 is 39.1. The van der Waals surface area contributed by atoms with E-state index in [2.05, 4.69) is 21.2 Å². The highest BCUT2D eigenvalue weighted by Gasteiger charge is 2.31. The molecule has 0 saturated heterocycles. The van der Waals surface area contributed by atoms with Gasteiger partial charge in [0.2, 0.25) is 0 Å². The summed E-state index contributed by atoms with van der Waals surface area (Å²) >= 11 is 3.49. The third-order valence-corrected chi connectivity index (χ3v) is 5.26. The van der Waals surface area contributed by atoms with E-state index in [1.54, 1.807) is 0 Å². The number of benzene rings is 1. The van der Waals surface area contributed by atoms with Crippen LogP contribution in [0.2, 0.25) is 0 Å². The number of halogens is 4. The van der Waals surface area contributed by atoms with Gasteiger partial charge in [-0.1, -0.05) is 35.2 Å². The van der Waals surface area contributed by atoms with Crippen LogP contribution in [0.15, 0.2) is 12.1 Å². The van der Waals surface area contributed by atoms with Crippen molar-refractivity contribution in [1.29, 1.82) is 0 Å². The second kappa shape index (κ2) is 6.81. The zero-order valence-electron chi connectivity index (χ0n) is 11.5. The fourth-order valence-corrected chi connectivity index (χ4v) is 3.47. The van der Waals surface area contributed by atoms with Crippen molar-refractivity contribution in [2.75, 3.05) is 11.9 Å². The molecule has 0 bridgehead atoms. The lowest BCUT2D eigenvalue weighted by Gasteiger charge is -2.35. The van der Waals surface area contributed by atoms with E-state index >= 15 is 0 Å². The summed E-state index contributed by atoms with van der Waals surface area (Å²) in [5, 5.41) is 3.48. The minimum Gasteiger partial charge on any atom is -0.351 e. The van der Waals surface area contributed by atoms with E-state index in [-0.39, 0.29) is 11.0 Å². The standard InChI is InChI=1S/C15H17BrF3NO/c16-8-15(4-2-1-3-5-15)9-20-14(21)10-6-11(17)13(19)12(18)7-10/h6-7H,1-5,8-9H2,(H,20,21). The van der Waals surface area contributed by atoms with Crippen LogP contribution >= 0.6 is 15.9 Å². The summed E-state index contributed by atoms with van der Waals surface area (Å²) in [6.45, 7) is 0.442. The zero-order valence-corrected chi connectivity index (χ0v) is 13.1. The van der Waals surface area contributed by atoms with Crippen molar-refractivity contribution in [1.82, 2.24) is 5.32 Å². The Hall–Kier alpha value is -1.04. The molecule has 1 aliphatic rings. The molecule has 116 valence electrons. The number of carbonyl (C=O) groups excluding carboxylic acids is 1. The number of carbonyl (C=O) groups is 1. The Bertz CT molecular complexity index is 507. The maximum atomic E-state index is 13.1. The summed E-state index contributed by atoms with van der Waals surface area (Å²) in [7, 11) is 0. The van der Waals surface area contributed by atoms with E-state index in [0.717, 1.165) is 43.1 Å². The highest BCUT2D eigenvalue weighted by Crippen LogP contribution is 2.37. The number of hydrogen-bond acceptors (Lipinski definition) is 1. The third kappa shape index (κ3) is 3.78. The predicted octanol–water partition coefficient (Wildman–Crippen LogP) is 4.18. The van der Waals surface area contributed by atoms with Gasteiger partial charge in [-0.3, -0.25) is 4.79 Å².